The fraction of sp³-hybridized carbons (Fsp3) is 0.375. The van der Waals surface area contributed by atoms with Gasteiger partial charge in [-0.2, -0.15) is 0 Å². The predicted octanol–water partition coefficient (Wildman–Crippen LogP) is 6.97. The molecule has 158 valence electrons. The minimum atomic E-state index is -0.363. The summed E-state index contributed by atoms with van der Waals surface area (Å²) in [4.78, 5) is 16.6. The van der Waals surface area contributed by atoms with E-state index in [2.05, 4.69) is 62.8 Å². The highest BCUT2D eigenvalue weighted by Gasteiger charge is 2.16. The summed E-state index contributed by atoms with van der Waals surface area (Å²) in [7, 11) is 0. The summed E-state index contributed by atoms with van der Waals surface area (Å²) in [6.07, 6.45) is 2.18. The molecule has 1 aromatic heterocycles. The van der Waals surface area contributed by atoms with Crippen LogP contribution in [0.1, 0.15) is 50.8 Å². The van der Waals surface area contributed by atoms with Crippen molar-refractivity contribution in [2.24, 2.45) is 10.9 Å². The van der Waals surface area contributed by atoms with Crippen molar-refractivity contribution in [3.8, 4) is 11.3 Å². The molecule has 6 heteroatoms. The Labute approximate surface area is 181 Å². The maximum absolute atomic E-state index is 11.0. The molecule has 0 fully saturated rings. The molecule has 0 amide bonds. The molecule has 0 aliphatic rings. The number of hydrogen-bond acceptors (Lipinski definition) is 4. The number of nitrogens with zero attached hydrogens (tertiary/aromatic N) is 3. The summed E-state index contributed by atoms with van der Waals surface area (Å²) >= 11 is 1.61. The van der Waals surface area contributed by atoms with E-state index in [0.717, 1.165) is 40.2 Å². The maximum Gasteiger partial charge on any atom is 0.269 e. The van der Waals surface area contributed by atoms with E-state index in [4.69, 9.17) is 4.99 Å². The smallest absolute Gasteiger partial charge is 0.269 e. The van der Waals surface area contributed by atoms with Crippen molar-refractivity contribution in [3.05, 3.63) is 73.9 Å². The molecule has 0 aliphatic heterocycles. The van der Waals surface area contributed by atoms with Crippen LogP contribution in [0, 0.1) is 29.9 Å². The number of hydrogen-bond donors (Lipinski definition) is 0. The Morgan fingerprint density at radius 2 is 1.77 bits per heavy atom. The van der Waals surface area contributed by atoms with Crippen LogP contribution < -0.4 is 4.80 Å². The zero-order valence-electron chi connectivity index (χ0n) is 18.3. The Kier molecular flexibility index (Phi) is 6.87. The molecule has 2 aromatic carbocycles. The van der Waals surface area contributed by atoms with E-state index >= 15 is 0 Å². The lowest BCUT2D eigenvalue weighted by Gasteiger charge is -2.18. The van der Waals surface area contributed by atoms with E-state index in [9.17, 15) is 10.1 Å². The zero-order valence-corrected chi connectivity index (χ0v) is 19.1. The predicted molar refractivity (Wildman–Crippen MR) is 124 cm³/mol. The quantitative estimate of drug-likeness (QED) is 0.304. The second-order valence-electron chi connectivity index (χ2n) is 8.30. The van der Waals surface area contributed by atoms with Gasteiger partial charge in [-0.05, 0) is 68.9 Å². The first kappa shape index (κ1) is 22.0. The molecule has 0 saturated heterocycles. The number of thiazole rings is 1. The number of non-ortho nitro benzene ring substituents is 1. The Balaban J connectivity index is 2.11. The standard InChI is InChI=1S/C24H29N3O2S/c1-16(2)6-8-19(5)26-23(20-9-11-21(12-10-20)27(28)29)15-30-24(26)25-22-13-7-17(3)14-18(22)4/h7,9-16,19H,6,8H2,1-5H3. The van der Waals surface area contributed by atoms with Crippen LogP contribution in [-0.2, 0) is 0 Å². The molecule has 30 heavy (non-hydrogen) atoms. The van der Waals surface area contributed by atoms with Crippen molar-refractivity contribution < 1.29 is 4.92 Å². The number of nitro benzene ring substituents is 1. The number of rotatable bonds is 7. The highest BCUT2D eigenvalue weighted by molar-refractivity contribution is 7.07. The molecule has 0 spiro atoms. The van der Waals surface area contributed by atoms with Gasteiger partial charge in [0.1, 0.15) is 0 Å². The fourth-order valence-corrected chi connectivity index (χ4v) is 4.54. The third-order valence-electron chi connectivity index (χ3n) is 5.29. The summed E-state index contributed by atoms with van der Waals surface area (Å²) in [6.45, 7) is 10.9. The number of nitro groups is 1. The molecule has 0 aliphatic carbocycles. The van der Waals surface area contributed by atoms with Crippen molar-refractivity contribution >= 4 is 22.7 Å². The minimum absolute atomic E-state index is 0.105. The molecular formula is C24H29N3O2S. The zero-order chi connectivity index (χ0) is 21.8. The first-order chi connectivity index (χ1) is 14.3. The van der Waals surface area contributed by atoms with Gasteiger partial charge in [-0.25, -0.2) is 4.99 Å². The largest absolute Gasteiger partial charge is 0.314 e. The summed E-state index contributed by atoms with van der Waals surface area (Å²) < 4.78 is 2.29. The average molecular weight is 424 g/mol. The SMILES string of the molecule is Cc1ccc(N=c2scc(-c3ccc([N+](=O)[O-])cc3)n2C(C)CCC(C)C)c(C)c1. The van der Waals surface area contributed by atoms with Crippen LogP contribution in [0.4, 0.5) is 11.4 Å². The molecular weight excluding hydrogens is 394 g/mol. The summed E-state index contributed by atoms with van der Waals surface area (Å²) in [5.41, 5.74) is 5.48. The van der Waals surface area contributed by atoms with Crippen LogP contribution in [-0.4, -0.2) is 9.49 Å². The van der Waals surface area contributed by atoms with Gasteiger partial charge >= 0.3 is 0 Å². The normalized spacial score (nSPS) is 13.1. The molecule has 0 radical (unpaired) electrons. The summed E-state index contributed by atoms with van der Waals surface area (Å²) in [5, 5.41) is 13.1. The van der Waals surface area contributed by atoms with Crippen molar-refractivity contribution in [2.45, 2.75) is 53.5 Å². The van der Waals surface area contributed by atoms with Gasteiger partial charge in [0.05, 0.1) is 16.3 Å². The van der Waals surface area contributed by atoms with Crippen molar-refractivity contribution in [1.82, 2.24) is 4.57 Å². The number of aryl methyl sites for hydroxylation is 2. The minimum Gasteiger partial charge on any atom is -0.314 e. The Hall–Kier alpha value is -2.73. The fourth-order valence-electron chi connectivity index (χ4n) is 3.53. The van der Waals surface area contributed by atoms with E-state index in [1.807, 2.05) is 12.1 Å². The van der Waals surface area contributed by atoms with Gasteiger partial charge in [0, 0.05) is 23.6 Å². The summed E-state index contributed by atoms with van der Waals surface area (Å²) in [5.74, 6) is 0.634. The Morgan fingerprint density at radius 3 is 2.37 bits per heavy atom. The molecule has 5 nitrogen and oxygen atoms in total. The topological polar surface area (TPSA) is 60.4 Å². The summed E-state index contributed by atoms with van der Waals surface area (Å²) in [6, 6.07) is 13.4. The number of aromatic nitrogens is 1. The third kappa shape index (κ3) is 5.05. The Bertz CT molecular complexity index is 1090. The molecule has 0 N–H and O–H groups in total. The lowest BCUT2D eigenvalue weighted by atomic mass is 10.0. The molecule has 3 rings (SSSR count). The lowest BCUT2D eigenvalue weighted by Crippen LogP contribution is -2.20. The molecule has 0 bridgehead atoms. The second kappa shape index (κ2) is 9.39. The lowest BCUT2D eigenvalue weighted by molar-refractivity contribution is -0.384. The van der Waals surface area contributed by atoms with Crippen LogP contribution in [0.25, 0.3) is 11.3 Å². The van der Waals surface area contributed by atoms with Gasteiger partial charge in [-0.1, -0.05) is 31.5 Å². The first-order valence-corrected chi connectivity index (χ1v) is 11.2. The maximum atomic E-state index is 11.0. The van der Waals surface area contributed by atoms with E-state index in [1.165, 1.54) is 5.56 Å². The van der Waals surface area contributed by atoms with E-state index in [1.54, 1.807) is 23.5 Å². The van der Waals surface area contributed by atoms with Crippen LogP contribution in [0.3, 0.4) is 0 Å². The van der Waals surface area contributed by atoms with Crippen LogP contribution in [0.5, 0.6) is 0 Å². The van der Waals surface area contributed by atoms with Crippen molar-refractivity contribution in [3.63, 3.8) is 0 Å². The first-order valence-electron chi connectivity index (χ1n) is 10.3. The molecule has 3 aromatic rings. The van der Waals surface area contributed by atoms with Crippen LogP contribution in [0.15, 0.2) is 52.8 Å². The van der Waals surface area contributed by atoms with Gasteiger partial charge < -0.3 is 4.57 Å². The van der Waals surface area contributed by atoms with E-state index in [0.29, 0.717) is 5.92 Å². The van der Waals surface area contributed by atoms with Crippen molar-refractivity contribution in [1.29, 1.82) is 0 Å². The van der Waals surface area contributed by atoms with Crippen molar-refractivity contribution in [2.75, 3.05) is 0 Å². The Morgan fingerprint density at radius 1 is 1.07 bits per heavy atom. The highest BCUT2D eigenvalue weighted by atomic mass is 32.1. The van der Waals surface area contributed by atoms with Crippen LogP contribution in [0.2, 0.25) is 0 Å². The number of benzene rings is 2. The molecule has 1 atom stereocenters. The average Bonchev–Trinajstić information content (AvgIpc) is 3.12. The second-order valence-corrected chi connectivity index (χ2v) is 9.14. The van der Waals surface area contributed by atoms with E-state index in [-0.39, 0.29) is 16.7 Å². The molecule has 0 saturated carbocycles. The third-order valence-corrected chi connectivity index (χ3v) is 6.13. The van der Waals surface area contributed by atoms with Gasteiger partial charge in [-0.3, -0.25) is 10.1 Å². The van der Waals surface area contributed by atoms with E-state index < -0.39 is 0 Å². The van der Waals surface area contributed by atoms with Gasteiger partial charge in [-0.15, -0.1) is 11.3 Å². The van der Waals surface area contributed by atoms with Gasteiger partial charge in [0.25, 0.3) is 5.69 Å². The monoisotopic (exact) mass is 423 g/mol. The molecule has 1 unspecified atom stereocenters. The highest BCUT2D eigenvalue weighted by Crippen LogP contribution is 2.28. The van der Waals surface area contributed by atoms with Gasteiger partial charge in [0.2, 0.25) is 0 Å². The molecule has 1 heterocycles. The van der Waals surface area contributed by atoms with Crippen LogP contribution >= 0.6 is 11.3 Å². The van der Waals surface area contributed by atoms with Gasteiger partial charge in [0.15, 0.2) is 4.80 Å².